The minimum Gasteiger partial charge on any atom is -0.379 e. The van der Waals surface area contributed by atoms with E-state index in [9.17, 15) is 0 Å². The lowest BCUT2D eigenvalue weighted by Crippen LogP contribution is -2.50. The van der Waals surface area contributed by atoms with E-state index in [0.29, 0.717) is 6.04 Å². The highest BCUT2D eigenvalue weighted by Crippen LogP contribution is 2.15. The van der Waals surface area contributed by atoms with Gasteiger partial charge in [0.15, 0.2) is 0 Å². The van der Waals surface area contributed by atoms with Crippen LogP contribution in [0, 0.1) is 0 Å². The van der Waals surface area contributed by atoms with Gasteiger partial charge in [-0.25, -0.2) is 0 Å². The van der Waals surface area contributed by atoms with Gasteiger partial charge >= 0.3 is 0 Å². The summed E-state index contributed by atoms with van der Waals surface area (Å²) in [5, 5.41) is 3.57. The van der Waals surface area contributed by atoms with Gasteiger partial charge in [0, 0.05) is 25.2 Å². The molecule has 0 bridgehead atoms. The highest BCUT2D eigenvalue weighted by Gasteiger charge is 2.26. The summed E-state index contributed by atoms with van der Waals surface area (Å²) in [5.74, 6) is 0. The standard InChI is InChI=1S/C10H20N2O/c1-9(10-3-2-4-11-10)12-5-7-13-8-6-12/h9-11H,2-8H2,1H3. The van der Waals surface area contributed by atoms with E-state index in [1.807, 2.05) is 0 Å². The summed E-state index contributed by atoms with van der Waals surface area (Å²) in [5.41, 5.74) is 0. The van der Waals surface area contributed by atoms with Gasteiger partial charge in [-0.05, 0) is 26.3 Å². The van der Waals surface area contributed by atoms with Crippen molar-refractivity contribution in [1.29, 1.82) is 0 Å². The van der Waals surface area contributed by atoms with Crippen molar-refractivity contribution in [1.82, 2.24) is 10.2 Å². The van der Waals surface area contributed by atoms with E-state index in [4.69, 9.17) is 4.74 Å². The summed E-state index contributed by atoms with van der Waals surface area (Å²) in [6.45, 7) is 7.60. The summed E-state index contributed by atoms with van der Waals surface area (Å²) in [4.78, 5) is 2.55. The van der Waals surface area contributed by atoms with Crippen LogP contribution in [0.25, 0.3) is 0 Å². The van der Waals surface area contributed by atoms with E-state index in [0.717, 1.165) is 32.3 Å². The molecule has 13 heavy (non-hydrogen) atoms. The molecule has 0 aromatic rings. The van der Waals surface area contributed by atoms with Crippen LogP contribution < -0.4 is 5.32 Å². The Morgan fingerprint density at radius 3 is 2.77 bits per heavy atom. The van der Waals surface area contributed by atoms with Crippen LogP contribution in [-0.2, 0) is 4.74 Å². The first-order chi connectivity index (χ1) is 6.38. The molecule has 2 atom stereocenters. The van der Waals surface area contributed by atoms with Crippen LogP contribution in [0.5, 0.6) is 0 Å². The molecule has 3 nitrogen and oxygen atoms in total. The number of nitrogens with zero attached hydrogens (tertiary/aromatic N) is 1. The largest absolute Gasteiger partial charge is 0.379 e. The van der Waals surface area contributed by atoms with E-state index >= 15 is 0 Å². The van der Waals surface area contributed by atoms with Crippen molar-refractivity contribution in [3.05, 3.63) is 0 Å². The van der Waals surface area contributed by atoms with Gasteiger partial charge in [-0.15, -0.1) is 0 Å². The summed E-state index contributed by atoms with van der Waals surface area (Å²) >= 11 is 0. The summed E-state index contributed by atoms with van der Waals surface area (Å²) in [6.07, 6.45) is 2.69. The molecule has 3 heteroatoms. The predicted octanol–water partition coefficient (Wildman–Crippen LogP) is 0.459. The molecule has 76 valence electrons. The van der Waals surface area contributed by atoms with Gasteiger partial charge in [0.25, 0.3) is 0 Å². The molecule has 2 unspecified atom stereocenters. The SMILES string of the molecule is CC(C1CCCN1)N1CCOCC1. The first-order valence-electron chi connectivity index (χ1n) is 5.43. The molecule has 0 aromatic carbocycles. The van der Waals surface area contributed by atoms with Gasteiger partial charge in [-0.3, -0.25) is 4.90 Å². The maximum atomic E-state index is 5.35. The zero-order valence-electron chi connectivity index (χ0n) is 8.46. The Labute approximate surface area is 80.4 Å². The molecule has 0 amide bonds. The lowest BCUT2D eigenvalue weighted by Gasteiger charge is -2.35. The van der Waals surface area contributed by atoms with Crippen molar-refractivity contribution in [2.24, 2.45) is 0 Å². The summed E-state index contributed by atoms with van der Waals surface area (Å²) in [7, 11) is 0. The highest BCUT2D eigenvalue weighted by molar-refractivity contribution is 4.86. The van der Waals surface area contributed by atoms with E-state index in [1.54, 1.807) is 0 Å². The molecule has 1 N–H and O–H groups in total. The number of hydrogen-bond donors (Lipinski definition) is 1. The topological polar surface area (TPSA) is 24.5 Å². The highest BCUT2D eigenvalue weighted by atomic mass is 16.5. The summed E-state index contributed by atoms with van der Waals surface area (Å²) < 4.78 is 5.35. The van der Waals surface area contributed by atoms with E-state index in [1.165, 1.54) is 19.4 Å². The fourth-order valence-corrected chi connectivity index (χ4v) is 2.36. The monoisotopic (exact) mass is 184 g/mol. The minimum atomic E-state index is 0.686. The number of ether oxygens (including phenoxy) is 1. The Hall–Kier alpha value is -0.120. The van der Waals surface area contributed by atoms with Crippen molar-refractivity contribution >= 4 is 0 Å². The van der Waals surface area contributed by atoms with Gasteiger partial charge < -0.3 is 10.1 Å². The van der Waals surface area contributed by atoms with Crippen LogP contribution in [0.15, 0.2) is 0 Å². The molecule has 0 saturated carbocycles. The first kappa shape index (κ1) is 9.44. The van der Waals surface area contributed by atoms with Crippen LogP contribution in [0.4, 0.5) is 0 Å². The van der Waals surface area contributed by atoms with Crippen molar-refractivity contribution in [3.63, 3.8) is 0 Å². The van der Waals surface area contributed by atoms with Crippen LogP contribution in [0.3, 0.4) is 0 Å². The molecule has 2 aliphatic heterocycles. The third-order valence-electron chi connectivity index (χ3n) is 3.30. The number of nitrogens with one attached hydrogen (secondary N) is 1. The van der Waals surface area contributed by atoms with Crippen molar-refractivity contribution < 1.29 is 4.74 Å². The molecule has 0 spiro atoms. The minimum absolute atomic E-state index is 0.686. The second-order valence-electron chi connectivity index (χ2n) is 4.09. The maximum absolute atomic E-state index is 5.35. The molecule has 2 aliphatic rings. The summed E-state index contributed by atoms with van der Waals surface area (Å²) in [6, 6.07) is 1.41. The van der Waals surface area contributed by atoms with Gasteiger partial charge in [0.05, 0.1) is 13.2 Å². The van der Waals surface area contributed by atoms with Crippen LogP contribution in [0.2, 0.25) is 0 Å². The number of hydrogen-bond acceptors (Lipinski definition) is 3. The van der Waals surface area contributed by atoms with Crippen molar-refractivity contribution in [2.45, 2.75) is 31.8 Å². The molecule has 0 radical (unpaired) electrons. The van der Waals surface area contributed by atoms with Gasteiger partial charge in [-0.1, -0.05) is 0 Å². The third-order valence-corrected chi connectivity index (χ3v) is 3.30. The normalized spacial score (nSPS) is 33.5. The van der Waals surface area contributed by atoms with Crippen LogP contribution >= 0.6 is 0 Å². The molecule has 2 saturated heterocycles. The van der Waals surface area contributed by atoms with E-state index in [2.05, 4.69) is 17.1 Å². The Balaban J connectivity index is 1.83. The molecule has 2 rings (SSSR count). The van der Waals surface area contributed by atoms with Crippen molar-refractivity contribution in [2.75, 3.05) is 32.8 Å². The first-order valence-corrected chi connectivity index (χ1v) is 5.43. The Kier molecular flexibility index (Phi) is 3.19. The second kappa shape index (κ2) is 4.40. The van der Waals surface area contributed by atoms with Crippen LogP contribution in [-0.4, -0.2) is 49.8 Å². The molecular formula is C10H20N2O. The average Bonchev–Trinajstić information content (AvgIpc) is 2.71. The number of rotatable bonds is 2. The maximum Gasteiger partial charge on any atom is 0.0594 e. The molecule has 2 fully saturated rings. The van der Waals surface area contributed by atoms with Gasteiger partial charge in [0.2, 0.25) is 0 Å². The predicted molar refractivity (Wildman–Crippen MR) is 52.9 cm³/mol. The Morgan fingerprint density at radius 2 is 2.15 bits per heavy atom. The molecule has 0 aromatic heterocycles. The molecular weight excluding hydrogens is 164 g/mol. The fraction of sp³-hybridized carbons (Fsp3) is 1.00. The molecule has 2 heterocycles. The zero-order chi connectivity index (χ0) is 9.10. The smallest absolute Gasteiger partial charge is 0.0594 e. The Morgan fingerprint density at radius 1 is 1.38 bits per heavy atom. The average molecular weight is 184 g/mol. The molecule has 0 aliphatic carbocycles. The second-order valence-corrected chi connectivity index (χ2v) is 4.09. The van der Waals surface area contributed by atoms with E-state index in [-0.39, 0.29) is 0 Å². The van der Waals surface area contributed by atoms with Crippen molar-refractivity contribution in [3.8, 4) is 0 Å². The lowest BCUT2D eigenvalue weighted by atomic mass is 10.1. The lowest BCUT2D eigenvalue weighted by molar-refractivity contribution is 0.0137. The van der Waals surface area contributed by atoms with Crippen LogP contribution in [0.1, 0.15) is 19.8 Å². The van der Waals surface area contributed by atoms with Gasteiger partial charge in [-0.2, -0.15) is 0 Å². The number of morpholine rings is 1. The zero-order valence-corrected chi connectivity index (χ0v) is 8.46. The van der Waals surface area contributed by atoms with E-state index < -0.39 is 0 Å². The quantitative estimate of drug-likeness (QED) is 0.675. The van der Waals surface area contributed by atoms with Gasteiger partial charge in [0.1, 0.15) is 0 Å². The third kappa shape index (κ3) is 2.22. The fourth-order valence-electron chi connectivity index (χ4n) is 2.36. The Bertz CT molecular complexity index is 151.